The van der Waals surface area contributed by atoms with Crippen LogP contribution in [0.4, 0.5) is 14.4 Å². The zero-order chi connectivity index (χ0) is 29.1. The SMILES string of the molecule is CC(C)(C)OC(=O)NCCCCCNC(=O)NC[C@H](NC(=O)OCC1c2ccccc2-c2ccccc21)C(=O)O. The minimum atomic E-state index is -1.36. The summed E-state index contributed by atoms with van der Waals surface area (Å²) >= 11 is 0. The lowest BCUT2D eigenvalue weighted by atomic mass is 9.98. The molecular weight excluding hydrogens is 516 g/mol. The highest BCUT2D eigenvalue weighted by molar-refractivity contribution is 5.82. The van der Waals surface area contributed by atoms with Crippen LogP contribution in [0.15, 0.2) is 48.5 Å². The van der Waals surface area contributed by atoms with Crippen molar-refractivity contribution >= 4 is 24.2 Å². The Balaban J connectivity index is 1.34. The average molecular weight is 555 g/mol. The van der Waals surface area contributed by atoms with E-state index in [1.54, 1.807) is 20.8 Å². The predicted molar refractivity (Wildman–Crippen MR) is 149 cm³/mol. The van der Waals surface area contributed by atoms with E-state index in [1.165, 1.54) is 0 Å². The van der Waals surface area contributed by atoms with Crippen molar-refractivity contribution in [1.82, 2.24) is 21.3 Å². The predicted octanol–water partition coefficient (Wildman–Crippen LogP) is 3.97. The third kappa shape index (κ3) is 9.18. The number of urea groups is 1. The number of carbonyl (C=O) groups is 4. The van der Waals surface area contributed by atoms with Crippen LogP contribution in [-0.4, -0.2) is 67.2 Å². The van der Waals surface area contributed by atoms with Gasteiger partial charge in [-0.25, -0.2) is 19.2 Å². The summed E-state index contributed by atoms with van der Waals surface area (Å²) in [6.45, 7) is 5.94. The highest BCUT2D eigenvalue weighted by atomic mass is 16.6. The Morgan fingerprint density at radius 1 is 0.825 bits per heavy atom. The zero-order valence-corrected chi connectivity index (χ0v) is 23.1. The van der Waals surface area contributed by atoms with Crippen LogP contribution in [0.5, 0.6) is 0 Å². The van der Waals surface area contributed by atoms with Crippen molar-refractivity contribution in [3.8, 4) is 11.1 Å². The van der Waals surface area contributed by atoms with Crippen molar-refractivity contribution in [2.45, 2.75) is 57.6 Å². The molecule has 1 atom stereocenters. The number of alkyl carbamates (subject to hydrolysis) is 2. The van der Waals surface area contributed by atoms with E-state index in [2.05, 4.69) is 21.3 Å². The van der Waals surface area contributed by atoms with Gasteiger partial charge in [-0.3, -0.25) is 0 Å². The van der Waals surface area contributed by atoms with Crippen molar-refractivity contribution in [3.63, 3.8) is 0 Å². The average Bonchev–Trinajstić information content (AvgIpc) is 3.21. The van der Waals surface area contributed by atoms with Crippen molar-refractivity contribution < 1.29 is 33.8 Å². The number of amides is 4. The second-order valence-corrected chi connectivity index (χ2v) is 10.5. The van der Waals surface area contributed by atoms with Crippen LogP contribution in [0.25, 0.3) is 11.1 Å². The number of benzene rings is 2. The van der Waals surface area contributed by atoms with E-state index in [1.807, 2.05) is 48.5 Å². The number of hydrogen-bond donors (Lipinski definition) is 5. The molecule has 4 amide bonds. The molecule has 5 N–H and O–H groups in total. The van der Waals surface area contributed by atoms with Crippen LogP contribution in [0.2, 0.25) is 0 Å². The van der Waals surface area contributed by atoms with E-state index < -0.39 is 35.8 Å². The molecule has 40 heavy (non-hydrogen) atoms. The molecule has 0 bridgehead atoms. The Bertz CT molecular complexity index is 1150. The van der Waals surface area contributed by atoms with Crippen LogP contribution in [0.3, 0.4) is 0 Å². The van der Waals surface area contributed by atoms with Gasteiger partial charge in [0.2, 0.25) is 0 Å². The fourth-order valence-corrected chi connectivity index (χ4v) is 4.37. The summed E-state index contributed by atoms with van der Waals surface area (Å²) in [6, 6.07) is 13.9. The fourth-order valence-electron chi connectivity index (χ4n) is 4.37. The second kappa shape index (κ2) is 14.2. The summed E-state index contributed by atoms with van der Waals surface area (Å²) in [5.41, 5.74) is 3.71. The van der Waals surface area contributed by atoms with Crippen LogP contribution < -0.4 is 21.3 Å². The maximum absolute atomic E-state index is 12.4. The first-order chi connectivity index (χ1) is 19.0. The Morgan fingerprint density at radius 2 is 1.40 bits per heavy atom. The van der Waals surface area contributed by atoms with E-state index in [9.17, 15) is 24.3 Å². The second-order valence-electron chi connectivity index (χ2n) is 10.5. The number of aliphatic carboxylic acids is 1. The normalized spacial score (nSPS) is 12.9. The molecule has 1 aliphatic rings. The molecule has 0 saturated heterocycles. The van der Waals surface area contributed by atoms with Gasteiger partial charge in [-0.15, -0.1) is 0 Å². The lowest BCUT2D eigenvalue weighted by Crippen LogP contribution is -2.50. The summed E-state index contributed by atoms with van der Waals surface area (Å²) < 4.78 is 10.6. The third-order valence-corrected chi connectivity index (χ3v) is 6.21. The molecule has 3 rings (SSSR count). The quantitative estimate of drug-likeness (QED) is 0.249. The zero-order valence-electron chi connectivity index (χ0n) is 23.1. The molecule has 0 radical (unpaired) electrons. The third-order valence-electron chi connectivity index (χ3n) is 6.21. The standard InChI is InChI=1S/C29H38N4O7/c1-29(2,3)40-27(37)31-16-10-4-9-15-30-26(36)32-17-24(25(34)35)33-28(38)39-18-23-21-13-7-5-11-19(21)20-12-6-8-14-22(20)23/h5-8,11-14,23-24H,4,9-10,15-18H2,1-3H3,(H,31,37)(H,33,38)(H,34,35)(H2,30,32,36)/t24-/m0/s1. The minimum Gasteiger partial charge on any atom is -0.480 e. The fraction of sp³-hybridized carbons (Fsp3) is 0.448. The molecule has 2 aromatic rings. The molecule has 0 saturated carbocycles. The van der Waals surface area contributed by atoms with Crippen molar-refractivity contribution in [3.05, 3.63) is 59.7 Å². The topological polar surface area (TPSA) is 155 Å². The monoisotopic (exact) mass is 554 g/mol. The molecular formula is C29H38N4O7. The first-order valence-electron chi connectivity index (χ1n) is 13.4. The lowest BCUT2D eigenvalue weighted by Gasteiger charge is -2.19. The van der Waals surface area contributed by atoms with E-state index in [0.29, 0.717) is 25.9 Å². The Morgan fingerprint density at radius 3 is 1.98 bits per heavy atom. The summed E-state index contributed by atoms with van der Waals surface area (Å²) in [5.74, 6) is -1.45. The van der Waals surface area contributed by atoms with Crippen molar-refractivity contribution in [1.29, 1.82) is 0 Å². The van der Waals surface area contributed by atoms with Gasteiger partial charge >= 0.3 is 24.2 Å². The number of carboxylic acid groups (broad SMARTS) is 1. The Labute approximate surface area is 234 Å². The maximum atomic E-state index is 12.4. The molecule has 0 fully saturated rings. The van der Waals surface area contributed by atoms with Crippen LogP contribution in [-0.2, 0) is 14.3 Å². The number of nitrogens with one attached hydrogen (secondary N) is 4. The molecule has 0 heterocycles. The summed E-state index contributed by atoms with van der Waals surface area (Å²) in [5, 5.41) is 19.6. The maximum Gasteiger partial charge on any atom is 0.407 e. The van der Waals surface area contributed by atoms with Crippen molar-refractivity contribution in [2.24, 2.45) is 0 Å². The number of hydrogen-bond acceptors (Lipinski definition) is 6. The van der Waals surface area contributed by atoms with Gasteiger partial charge in [0, 0.05) is 19.0 Å². The van der Waals surface area contributed by atoms with Gasteiger partial charge < -0.3 is 35.8 Å². The van der Waals surface area contributed by atoms with Gasteiger partial charge in [0.05, 0.1) is 6.54 Å². The molecule has 0 unspecified atom stereocenters. The molecule has 1 aliphatic carbocycles. The molecule has 216 valence electrons. The summed E-state index contributed by atoms with van der Waals surface area (Å²) in [6.07, 6.45) is 0.801. The molecule has 0 aliphatic heterocycles. The first-order valence-corrected chi connectivity index (χ1v) is 13.4. The Hall–Kier alpha value is -4.28. The Kier molecular flexibility index (Phi) is 10.7. The molecule has 11 nitrogen and oxygen atoms in total. The summed E-state index contributed by atoms with van der Waals surface area (Å²) in [4.78, 5) is 47.7. The number of carboxylic acids is 1. The number of rotatable bonds is 12. The van der Waals surface area contributed by atoms with E-state index in [0.717, 1.165) is 28.7 Å². The largest absolute Gasteiger partial charge is 0.480 e. The molecule has 11 heteroatoms. The van der Waals surface area contributed by atoms with Gasteiger partial charge in [-0.1, -0.05) is 48.5 Å². The van der Waals surface area contributed by atoms with Gasteiger partial charge in [-0.05, 0) is 62.3 Å². The van der Waals surface area contributed by atoms with Crippen molar-refractivity contribution in [2.75, 3.05) is 26.2 Å². The highest BCUT2D eigenvalue weighted by Gasteiger charge is 2.30. The van der Waals surface area contributed by atoms with E-state index in [-0.39, 0.29) is 19.1 Å². The molecule has 0 spiro atoms. The van der Waals surface area contributed by atoms with Gasteiger partial charge in [0.15, 0.2) is 0 Å². The molecule has 0 aromatic heterocycles. The van der Waals surface area contributed by atoms with Gasteiger partial charge in [0.25, 0.3) is 0 Å². The van der Waals surface area contributed by atoms with Crippen LogP contribution in [0, 0.1) is 0 Å². The van der Waals surface area contributed by atoms with Crippen LogP contribution >= 0.6 is 0 Å². The summed E-state index contributed by atoms with van der Waals surface area (Å²) in [7, 11) is 0. The van der Waals surface area contributed by atoms with Gasteiger partial charge in [-0.2, -0.15) is 0 Å². The number of ether oxygens (including phenoxy) is 2. The first kappa shape index (κ1) is 30.3. The highest BCUT2D eigenvalue weighted by Crippen LogP contribution is 2.44. The van der Waals surface area contributed by atoms with E-state index in [4.69, 9.17) is 9.47 Å². The number of unbranched alkanes of at least 4 members (excludes halogenated alkanes) is 2. The smallest absolute Gasteiger partial charge is 0.407 e. The number of fused-ring (bicyclic) bond motifs is 3. The number of carbonyl (C=O) groups excluding carboxylic acids is 3. The van der Waals surface area contributed by atoms with Gasteiger partial charge in [0.1, 0.15) is 18.2 Å². The molecule has 2 aromatic carbocycles. The van der Waals surface area contributed by atoms with Crippen LogP contribution in [0.1, 0.15) is 57.1 Å². The lowest BCUT2D eigenvalue weighted by molar-refractivity contribution is -0.139. The van der Waals surface area contributed by atoms with E-state index >= 15 is 0 Å². The minimum absolute atomic E-state index is 0.0490.